The number of hydrogen-bond donors (Lipinski definition) is 1. The maximum atomic E-state index is 13.1. The lowest BCUT2D eigenvalue weighted by atomic mass is 10.1. The molecule has 0 aromatic heterocycles. The maximum Gasteiger partial charge on any atom is 0.329 e. The van der Waals surface area contributed by atoms with Gasteiger partial charge in [-0.2, -0.15) is 0 Å². The van der Waals surface area contributed by atoms with E-state index in [1.54, 1.807) is 24.3 Å². The van der Waals surface area contributed by atoms with Crippen LogP contribution in [0.4, 0.5) is 9.18 Å². The van der Waals surface area contributed by atoms with Crippen LogP contribution in [0.2, 0.25) is 5.02 Å². The van der Waals surface area contributed by atoms with E-state index in [2.05, 4.69) is 5.32 Å². The number of halogens is 2. The summed E-state index contributed by atoms with van der Waals surface area (Å²) in [5.41, 5.74) is 3.39. The molecular weight excluding hydrogens is 459 g/mol. The molecule has 3 aromatic carbocycles. The Kier molecular flexibility index (Phi) is 6.84. The number of rotatable bonds is 7. The number of imide groups is 1. The normalized spacial score (nSPS) is 14.5. The predicted octanol–water partition coefficient (Wildman–Crippen LogP) is 5.47. The standard InChI is InChI=1S/C26H22ClFN2O4/c1-16-3-5-17(6-4-16)14-30-25(31)22(29-26(30)32)12-19-11-21(27)24(23(13-19)33-2)34-15-18-7-9-20(28)10-8-18/h3-13H,14-15H2,1-2H3,(H,29,32)/b22-12+. The molecule has 8 heteroatoms. The first-order chi connectivity index (χ1) is 16.3. The highest BCUT2D eigenvalue weighted by Crippen LogP contribution is 2.37. The highest BCUT2D eigenvalue weighted by atomic mass is 35.5. The minimum Gasteiger partial charge on any atom is -0.493 e. The molecule has 0 unspecified atom stereocenters. The lowest BCUT2D eigenvalue weighted by Gasteiger charge is -2.14. The lowest BCUT2D eigenvalue weighted by Crippen LogP contribution is -2.30. The second-order valence-corrected chi connectivity index (χ2v) is 8.22. The van der Waals surface area contributed by atoms with E-state index in [0.29, 0.717) is 17.1 Å². The average Bonchev–Trinajstić information content (AvgIpc) is 3.07. The van der Waals surface area contributed by atoms with Crippen LogP contribution in [0, 0.1) is 12.7 Å². The molecule has 34 heavy (non-hydrogen) atoms. The summed E-state index contributed by atoms with van der Waals surface area (Å²) >= 11 is 6.43. The van der Waals surface area contributed by atoms with Crippen LogP contribution in [0.15, 0.2) is 66.4 Å². The van der Waals surface area contributed by atoms with Crippen LogP contribution in [-0.2, 0) is 17.9 Å². The number of ether oxygens (including phenoxy) is 2. The largest absolute Gasteiger partial charge is 0.493 e. The summed E-state index contributed by atoms with van der Waals surface area (Å²) in [5, 5.41) is 2.87. The lowest BCUT2D eigenvalue weighted by molar-refractivity contribution is -0.123. The van der Waals surface area contributed by atoms with Crippen molar-refractivity contribution in [3.8, 4) is 11.5 Å². The van der Waals surface area contributed by atoms with Gasteiger partial charge in [0.2, 0.25) is 0 Å². The number of urea groups is 1. The first-order valence-corrected chi connectivity index (χ1v) is 10.9. The molecule has 0 radical (unpaired) electrons. The quantitative estimate of drug-likeness (QED) is 0.360. The Balaban J connectivity index is 1.52. The van der Waals surface area contributed by atoms with Crippen LogP contribution in [0.5, 0.6) is 11.5 Å². The molecule has 3 aromatic rings. The number of hydrogen-bond acceptors (Lipinski definition) is 4. The molecule has 6 nitrogen and oxygen atoms in total. The molecule has 1 saturated heterocycles. The van der Waals surface area contributed by atoms with Crippen LogP contribution in [0.1, 0.15) is 22.3 Å². The fraction of sp³-hybridized carbons (Fsp3) is 0.154. The van der Waals surface area contributed by atoms with Crippen LogP contribution in [0.25, 0.3) is 6.08 Å². The van der Waals surface area contributed by atoms with Gasteiger partial charge in [0.15, 0.2) is 11.5 Å². The van der Waals surface area contributed by atoms with Crippen molar-refractivity contribution in [1.29, 1.82) is 0 Å². The molecule has 0 aliphatic carbocycles. The summed E-state index contributed by atoms with van der Waals surface area (Å²) < 4.78 is 24.3. The van der Waals surface area contributed by atoms with Crippen molar-refractivity contribution in [2.24, 2.45) is 0 Å². The SMILES string of the molecule is COc1cc(/C=C2/NC(=O)N(Cc3ccc(C)cc3)C2=O)cc(Cl)c1OCc1ccc(F)cc1. The molecule has 0 spiro atoms. The van der Waals surface area contributed by atoms with Gasteiger partial charge in [0, 0.05) is 0 Å². The molecule has 0 bridgehead atoms. The Labute approximate surface area is 201 Å². The van der Waals surface area contributed by atoms with E-state index in [1.165, 1.54) is 25.3 Å². The summed E-state index contributed by atoms with van der Waals surface area (Å²) in [4.78, 5) is 26.4. The Hall–Kier alpha value is -3.84. The Morgan fingerprint density at radius 1 is 1.03 bits per heavy atom. The fourth-order valence-corrected chi connectivity index (χ4v) is 3.73. The predicted molar refractivity (Wildman–Crippen MR) is 127 cm³/mol. The minimum absolute atomic E-state index is 0.134. The van der Waals surface area contributed by atoms with Crippen molar-refractivity contribution >= 4 is 29.6 Å². The second kappa shape index (κ2) is 9.97. The number of carbonyl (C=O) groups is 2. The first kappa shape index (κ1) is 23.3. The second-order valence-electron chi connectivity index (χ2n) is 7.81. The Morgan fingerprint density at radius 2 is 1.71 bits per heavy atom. The number of nitrogens with one attached hydrogen (secondary N) is 1. The molecular formula is C26H22ClFN2O4. The van der Waals surface area contributed by atoms with Crippen LogP contribution in [-0.4, -0.2) is 23.9 Å². The average molecular weight is 481 g/mol. The van der Waals surface area contributed by atoms with Gasteiger partial charge in [-0.25, -0.2) is 9.18 Å². The van der Waals surface area contributed by atoms with E-state index in [9.17, 15) is 14.0 Å². The van der Waals surface area contributed by atoms with Crippen LogP contribution in [0.3, 0.4) is 0 Å². The molecule has 1 fully saturated rings. The number of nitrogens with zero attached hydrogens (tertiary/aromatic N) is 1. The Morgan fingerprint density at radius 3 is 2.38 bits per heavy atom. The van der Waals surface area contributed by atoms with Gasteiger partial charge in [-0.15, -0.1) is 0 Å². The van der Waals surface area contributed by atoms with Gasteiger partial charge in [-0.05, 0) is 54.0 Å². The summed E-state index contributed by atoms with van der Waals surface area (Å²) in [5.74, 6) is -0.0896. The van der Waals surface area contributed by atoms with E-state index in [-0.39, 0.29) is 29.7 Å². The zero-order valence-corrected chi connectivity index (χ0v) is 19.4. The number of carbonyl (C=O) groups excluding carboxylic acids is 2. The number of aryl methyl sites for hydroxylation is 1. The highest BCUT2D eigenvalue weighted by molar-refractivity contribution is 6.32. The molecule has 0 atom stereocenters. The van der Waals surface area contributed by atoms with Crippen molar-refractivity contribution in [1.82, 2.24) is 10.2 Å². The van der Waals surface area contributed by atoms with Gasteiger partial charge in [0.1, 0.15) is 18.1 Å². The Bertz CT molecular complexity index is 1260. The third-order valence-corrected chi connectivity index (χ3v) is 5.56. The van der Waals surface area contributed by atoms with Gasteiger partial charge in [0.25, 0.3) is 5.91 Å². The molecule has 174 valence electrons. The van der Waals surface area contributed by atoms with Crippen molar-refractivity contribution in [2.75, 3.05) is 7.11 Å². The highest BCUT2D eigenvalue weighted by Gasteiger charge is 2.33. The van der Waals surface area contributed by atoms with Crippen molar-refractivity contribution in [3.05, 3.63) is 99.5 Å². The fourth-order valence-electron chi connectivity index (χ4n) is 3.46. The third-order valence-electron chi connectivity index (χ3n) is 5.28. The van der Waals surface area contributed by atoms with E-state index >= 15 is 0 Å². The third kappa shape index (κ3) is 5.21. The zero-order chi connectivity index (χ0) is 24.2. The molecule has 1 aliphatic rings. The molecule has 1 N–H and O–H groups in total. The van der Waals surface area contributed by atoms with Crippen molar-refractivity contribution in [2.45, 2.75) is 20.1 Å². The maximum absolute atomic E-state index is 13.1. The molecule has 1 aliphatic heterocycles. The van der Waals surface area contributed by atoms with Crippen LogP contribution >= 0.6 is 11.6 Å². The molecule has 3 amide bonds. The minimum atomic E-state index is -0.492. The number of methoxy groups -OCH3 is 1. The van der Waals surface area contributed by atoms with Gasteiger partial charge >= 0.3 is 6.03 Å². The summed E-state index contributed by atoms with van der Waals surface area (Å²) in [7, 11) is 1.47. The van der Waals surface area contributed by atoms with E-state index in [4.69, 9.17) is 21.1 Å². The first-order valence-electron chi connectivity index (χ1n) is 10.5. The number of benzene rings is 3. The van der Waals surface area contributed by atoms with Gasteiger partial charge in [-0.3, -0.25) is 9.69 Å². The topological polar surface area (TPSA) is 67.9 Å². The van der Waals surface area contributed by atoms with Crippen molar-refractivity contribution < 1.29 is 23.5 Å². The number of amides is 3. The zero-order valence-electron chi connectivity index (χ0n) is 18.6. The smallest absolute Gasteiger partial charge is 0.329 e. The molecule has 4 rings (SSSR count). The van der Waals surface area contributed by atoms with Crippen LogP contribution < -0.4 is 14.8 Å². The van der Waals surface area contributed by atoms with Gasteiger partial charge < -0.3 is 14.8 Å². The van der Waals surface area contributed by atoms with Gasteiger partial charge in [0.05, 0.1) is 18.7 Å². The van der Waals surface area contributed by atoms with Crippen molar-refractivity contribution in [3.63, 3.8) is 0 Å². The van der Waals surface area contributed by atoms with E-state index in [1.807, 2.05) is 31.2 Å². The van der Waals surface area contributed by atoms with E-state index in [0.717, 1.165) is 21.6 Å². The summed E-state index contributed by atoms with van der Waals surface area (Å²) in [6.07, 6.45) is 1.54. The molecule has 1 heterocycles. The monoisotopic (exact) mass is 480 g/mol. The molecule has 0 saturated carbocycles. The van der Waals surface area contributed by atoms with E-state index < -0.39 is 11.9 Å². The van der Waals surface area contributed by atoms with Gasteiger partial charge in [-0.1, -0.05) is 53.6 Å². The summed E-state index contributed by atoms with van der Waals surface area (Å²) in [6, 6.07) is 16.3. The summed E-state index contributed by atoms with van der Waals surface area (Å²) in [6.45, 7) is 2.30.